The first-order valence-electron chi connectivity index (χ1n) is 15.7. The van der Waals surface area contributed by atoms with Crippen molar-refractivity contribution in [3.63, 3.8) is 0 Å². The third kappa shape index (κ3) is 8.04. The van der Waals surface area contributed by atoms with Crippen LogP contribution in [-0.4, -0.2) is 57.9 Å². The number of hydrogen-bond donors (Lipinski definition) is 1. The van der Waals surface area contributed by atoms with Crippen molar-refractivity contribution in [2.24, 2.45) is 11.8 Å². The summed E-state index contributed by atoms with van der Waals surface area (Å²) in [7, 11) is 0. The third-order valence-electron chi connectivity index (χ3n) is 8.97. The van der Waals surface area contributed by atoms with Crippen molar-refractivity contribution in [2.75, 3.05) is 31.5 Å². The van der Waals surface area contributed by atoms with Gasteiger partial charge in [0, 0.05) is 23.9 Å². The molecule has 0 spiro atoms. The standard InChI is InChI=1S/C33H45N5O2S2/c1-33(2,3)28-19-34-29(40-28)22-41-30-20-35-32(42-30)36-31(39)26-10-16-38(17-11-26)27-12-14-37(15-13-27)21-25-8-6-24(7-9-25)18-23-4-5-23/h6-9,19-20,23,26-27H,4-5,10-18,21-22H2,1-3H3,(H,35,36,39). The average Bonchev–Trinajstić information content (AvgIpc) is 3.46. The number of carbonyl (C=O) groups is 1. The van der Waals surface area contributed by atoms with Gasteiger partial charge in [0.05, 0.1) is 22.4 Å². The first kappa shape index (κ1) is 29.9. The molecule has 3 aromatic rings. The zero-order valence-electron chi connectivity index (χ0n) is 25.3. The molecule has 1 N–H and O–H groups in total. The first-order valence-corrected chi connectivity index (χ1v) is 17.5. The van der Waals surface area contributed by atoms with Crippen LogP contribution >= 0.6 is 23.1 Å². The van der Waals surface area contributed by atoms with Crippen molar-refractivity contribution in [3.8, 4) is 0 Å². The van der Waals surface area contributed by atoms with E-state index >= 15 is 0 Å². The number of rotatable bonds is 10. The number of aromatic nitrogens is 2. The second-order valence-corrected chi connectivity index (χ2v) is 15.7. The molecule has 0 atom stereocenters. The molecule has 226 valence electrons. The van der Waals surface area contributed by atoms with Crippen LogP contribution in [0.5, 0.6) is 0 Å². The fourth-order valence-electron chi connectivity index (χ4n) is 6.11. The number of piperidine rings is 2. The Hall–Kier alpha value is -2.20. The van der Waals surface area contributed by atoms with Gasteiger partial charge in [0.15, 0.2) is 5.13 Å². The SMILES string of the molecule is CC(C)(C)c1cnc(CSc2cnc(NC(=O)C3CCN(C4CCN(Cc5ccc(CC6CC6)cc5)CC4)CC3)s2)o1. The number of thioether (sulfide) groups is 1. The molecule has 3 aliphatic rings. The predicted octanol–water partition coefficient (Wildman–Crippen LogP) is 6.99. The van der Waals surface area contributed by atoms with E-state index in [1.54, 1.807) is 11.8 Å². The minimum atomic E-state index is -0.0481. The molecule has 3 fully saturated rings. The minimum absolute atomic E-state index is 0.0481. The van der Waals surface area contributed by atoms with Crippen LogP contribution in [0.4, 0.5) is 5.13 Å². The van der Waals surface area contributed by atoms with E-state index in [1.165, 1.54) is 54.6 Å². The highest BCUT2D eigenvalue weighted by atomic mass is 32.2. The Balaban J connectivity index is 0.890. The molecule has 0 bridgehead atoms. The van der Waals surface area contributed by atoms with Gasteiger partial charge in [0.1, 0.15) is 5.76 Å². The van der Waals surface area contributed by atoms with E-state index in [4.69, 9.17) is 4.42 Å². The van der Waals surface area contributed by atoms with Crippen LogP contribution < -0.4 is 5.32 Å². The van der Waals surface area contributed by atoms with E-state index in [9.17, 15) is 4.79 Å². The largest absolute Gasteiger partial charge is 0.444 e. The number of amides is 1. The van der Waals surface area contributed by atoms with E-state index in [-0.39, 0.29) is 17.2 Å². The van der Waals surface area contributed by atoms with Crippen LogP contribution in [0.1, 0.15) is 82.1 Å². The Morgan fingerprint density at radius 3 is 2.36 bits per heavy atom. The van der Waals surface area contributed by atoms with E-state index in [1.807, 2.05) is 12.4 Å². The molecule has 2 aromatic heterocycles. The predicted molar refractivity (Wildman–Crippen MR) is 171 cm³/mol. The second-order valence-electron chi connectivity index (χ2n) is 13.4. The molecule has 1 saturated carbocycles. The number of oxazole rings is 1. The zero-order valence-corrected chi connectivity index (χ0v) is 26.9. The van der Waals surface area contributed by atoms with Gasteiger partial charge in [-0.1, -0.05) is 56.4 Å². The lowest BCUT2D eigenvalue weighted by atomic mass is 9.92. The van der Waals surface area contributed by atoms with Gasteiger partial charge in [-0.2, -0.15) is 0 Å². The molecule has 2 aliphatic heterocycles. The summed E-state index contributed by atoms with van der Waals surface area (Å²) >= 11 is 3.16. The van der Waals surface area contributed by atoms with Crippen LogP contribution in [0.2, 0.25) is 0 Å². The lowest BCUT2D eigenvalue weighted by molar-refractivity contribution is -0.121. The first-order chi connectivity index (χ1) is 20.3. The van der Waals surface area contributed by atoms with Gasteiger partial charge in [-0.15, -0.1) is 11.8 Å². The zero-order chi connectivity index (χ0) is 29.1. The maximum Gasteiger partial charge on any atom is 0.229 e. The van der Waals surface area contributed by atoms with Crippen LogP contribution in [0, 0.1) is 11.8 Å². The molecule has 6 rings (SSSR count). The van der Waals surface area contributed by atoms with Gasteiger partial charge in [-0.05, 0) is 88.2 Å². The number of nitrogens with zero attached hydrogens (tertiary/aromatic N) is 4. The van der Waals surface area contributed by atoms with Gasteiger partial charge in [0.25, 0.3) is 0 Å². The smallest absolute Gasteiger partial charge is 0.229 e. The molecule has 4 heterocycles. The summed E-state index contributed by atoms with van der Waals surface area (Å²) in [6.07, 6.45) is 12.0. The Kier molecular flexibility index (Phi) is 9.38. The Morgan fingerprint density at radius 1 is 0.976 bits per heavy atom. The molecule has 1 aromatic carbocycles. The summed E-state index contributed by atoms with van der Waals surface area (Å²) in [4.78, 5) is 27.1. The molecule has 0 unspecified atom stereocenters. The number of benzene rings is 1. The molecular formula is C33H45N5O2S2. The van der Waals surface area contributed by atoms with Crippen molar-refractivity contribution >= 4 is 34.1 Å². The second kappa shape index (κ2) is 13.2. The van der Waals surface area contributed by atoms with Gasteiger partial charge in [-0.25, -0.2) is 9.97 Å². The monoisotopic (exact) mass is 607 g/mol. The number of nitrogens with one attached hydrogen (secondary N) is 1. The van der Waals surface area contributed by atoms with Gasteiger partial charge >= 0.3 is 0 Å². The molecule has 2 saturated heterocycles. The number of likely N-dealkylation sites (tertiary alicyclic amines) is 2. The highest BCUT2D eigenvalue weighted by molar-refractivity contribution is 8.00. The van der Waals surface area contributed by atoms with Crippen LogP contribution in [0.3, 0.4) is 0 Å². The Bertz CT molecular complexity index is 1310. The molecule has 7 nitrogen and oxygen atoms in total. The summed E-state index contributed by atoms with van der Waals surface area (Å²) in [5.74, 6) is 3.39. The summed E-state index contributed by atoms with van der Waals surface area (Å²) in [5, 5.41) is 3.76. The van der Waals surface area contributed by atoms with Crippen molar-refractivity contribution in [1.29, 1.82) is 0 Å². The van der Waals surface area contributed by atoms with E-state index in [0.29, 0.717) is 16.9 Å². The van der Waals surface area contributed by atoms with Crippen molar-refractivity contribution < 1.29 is 9.21 Å². The Labute approximate surface area is 258 Å². The number of thiazole rings is 1. The maximum absolute atomic E-state index is 13.0. The van der Waals surface area contributed by atoms with E-state index in [0.717, 1.165) is 67.3 Å². The summed E-state index contributed by atoms with van der Waals surface area (Å²) in [6.45, 7) is 11.8. The molecule has 0 radical (unpaired) electrons. The lowest BCUT2D eigenvalue weighted by Crippen LogP contribution is -2.48. The number of carbonyl (C=O) groups excluding carboxylic acids is 1. The fourth-order valence-corrected chi connectivity index (χ4v) is 7.84. The summed E-state index contributed by atoms with van der Waals surface area (Å²) in [6, 6.07) is 10.0. The minimum Gasteiger partial charge on any atom is -0.444 e. The molecule has 9 heteroatoms. The van der Waals surface area contributed by atoms with E-state index < -0.39 is 0 Å². The van der Waals surface area contributed by atoms with E-state index in [2.05, 4.69) is 70.1 Å². The third-order valence-corrected chi connectivity index (χ3v) is 11.1. The molecule has 42 heavy (non-hydrogen) atoms. The molecular weight excluding hydrogens is 563 g/mol. The topological polar surface area (TPSA) is 74.5 Å². The highest BCUT2D eigenvalue weighted by Crippen LogP contribution is 2.34. The summed E-state index contributed by atoms with van der Waals surface area (Å²) < 4.78 is 6.94. The summed E-state index contributed by atoms with van der Waals surface area (Å²) in [5.41, 5.74) is 2.89. The van der Waals surface area contributed by atoms with Crippen molar-refractivity contribution in [3.05, 3.63) is 59.4 Å². The van der Waals surface area contributed by atoms with Crippen molar-refractivity contribution in [1.82, 2.24) is 19.8 Å². The van der Waals surface area contributed by atoms with Gasteiger partial charge < -0.3 is 14.6 Å². The van der Waals surface area contributed by atoms with Crippen LogP contribution in [0.15, 0.2) is 45.3 Å². The van der Waals surface area contributed by atoms with Crippen LogP contribution in [0.25, 0.3) is 0 Å². The quantitative estimate of drug-likeness (QED) is 0.249. The lowest BCUT2D eigenvalue weighted by Gasteiger charge is -2.41. The highest BCUT2D eigenvalue weighted by Gasteiger charge is 2.31. The normalized spacial score (nSPS) is 19.8. The van der Waals surface area contributed by atoms with Crippen LogP contribution in [-0.2, 0) is 28.9 Å². The number of hydrogen-bond acceptors (Lipinski definition) is 8. The Morgan fingerprint density at radius 2 is 1.69 bits per heavy atom. The van der Waals surface area contributed by atoms with Crippen molar-refractivity contribution in [2.45, 2.75) is 93.7 Å². The number of anilines is 1. The molecule has 1 amide bonds. The molecule has 1 aliphatic carbocycles. The average molecular weight is 608 g/mol. The maximum atomic E-state index is 13.0. The fraction of sp³-hybridized carbons (Fsp3) is 0.606. The van der Waals surface area contributed by atoms with Gasteiger partial charge in [0.2, 0.25) is 11.8 Å². The van der Waals surface area contributed by atoms with Gasteiger partial charge in [-0.3, -0.25) is 9.69 Å².